The van der Waals surface area contributed by atoms with Gasteiger partial charge in [-0.1, -0.05) is 19.9 Å². The van der Waals surface area contributed by atoms with Crippen molar-refractivity contribution in [3.63, 3.8) is 0 Å². The molecule has 2 fully saturated rings. The van der Waals surface area contributed by atoms with Crippen molar-refractivity contribution in [3.8, 4) is 0 Å². The van der Waals surface area contributed by atoms with Crippen LogP contribution in [0.3, 0.4) is 0 Å². The monoisotopic (exact) mass is 259 g/mol. The summed E-state index contributed by atoms with van der Waals surface area (Å²) in [4.78, 5) is 9.66. The van der Waals surface area contributed by atoms with Gasteiger partial charge in [-0.3, -0.25) is 9.88 Å². The van der Waals surface area contributed by atoms with Crippen molar-refractivity contribution < 1.29 is 0 Å². The van der Waals surface area contributed by atoms with Gasteiger partial charge in [-0.25, -0.2) is 0 Å². The van der Waals surface area contributed by atoms with Gasteiger partial charge in [-0.05, 0) is 36.4 Å². The lowest BCUT2D eigenvalue weighted by atomic mass is 9.83. The highest BCUT2D eigenvalue weighted by Gasteiger charge is 2.47. The zero-order chi connectivity index (χ0) is 13.5. The normalized spacial score (nSPS) is 31.8. The van der Waals surface area contributed by atoms with E-state index in [4.69, 9.17) is 0 Å². The second-order valence-electron chi connectivity index (χ2n) is 6.73. The van der Waals surface area contributed by atoms with E-state index in [0.29, 0.717) is 5.41 Å². The van der Waals surface area contributed by atoms with Gasteiger partial charge in [-0.2, -0.15) is 0 Å². The molecule has 0 bridgehead atoms. The molecule has 0 N–H and O–H groups in total. The minimum absolute atomic E-state index is 0.498. The van der Waals surface area contributed by atoms with Crippen molar-refractivity contribution in [2.24, 2.45) is 11.3 Å². The van der Waals surface area contributed by atoms with E-state index in [0.717, 1.165) is 18.9 Å². The number of aryl methyl sites for hydroxylation is 1. The van der Waals surface area contributed by atoms with Crippen molar-refractivity contribution >= 4 is 0 Å². The molecule has 19 heavy (non-hydrogen) atoms. The highest BCUT2D eigenvalue weighted by molar-refractivity contribution is 5.14. The second-order valence-corrected chi connectivity index (χ2v) is 6.73. The third kappa shape index (κ3) is 2.54. The first-order valence-electron chi connectivity index (χ1n) is 7.44. The summed E-state index contributed by atoms with van der Waals surface area (Å²) in [7, 11) is 2.25. The molecule has 3 heterocycles. The van der Waals surface area contributed by atoms with Crippen LogP contribution in [0.25, 0.3) is 0 Å². The van der Waals surface area contributed by atoms with Crippen LogP contribution < -0.4 is 0 Å². The summed E-state index contributed by atoms with van der Waals surface area (Å²) < 4.78 is 0. The zero-order valence-electron chi connectivity index (χ0n) is 12.4. The first-order valence-corrected chi connectivity index (χ1v) is 7.44. The summed E-state index contributed by atoms with van der Waals surface area (Å²) in [5, 5.41) is 0. The Kier molecular flexibility index (Phi) is 3.35. The molecule has 1 aromatic heterocycles. The number of hydrogen-bond acceptors (Lipinski definition) is 3. The number of rotatable bonds is 3. The highest BCUT2D eigenvalue weighted by atomic mass is 15.2. The summed E-state index contributed by atoms with van der Waals surface area (Å²) in [6.45, 7) is 10.6. The molecule has 2 atom stereocenters. The Hall–Kier alpha value is -0.930. The van der Waals surface area contributed by atoms with Gasteiger partial charge in [0.2, 0.25) is 0 Å². The van der Waals surface area contributed by atoms with Crippen LogP contribution in [0.4, 0.5) is 0 Å². The Bertz CT molecular complexity index is 442. The third-order valence-electron chi connectivity index (χ3n) is 4.89. The summed E-state index contributed by atoms with van der Waals surface area (Å²) in [5.74, 6) is 0.840. The number of likely N-dealkylation sites (tertiary alicyclic amines) is 2. The number of hydrogen-bond donors (Lipinski definition) is 0. The van der Waals surface area contributed by atoms with Crippen molar-refractivity contribution in [1.82, 2.24) is 14.8 Å². The van der Waals surface area contributed by atoms with Crippen LogP contribution >= 0.6 is 0 Å². The smallest absolute Gasteiger partial charge is 0.0544 e. The topological polar surface area (TPSA) is 19.4 Å². The van der Waals surface area contributed by atoms with Gasteiger partial charge in [0.15, 0.2) is 0 Å². The lowest BCUT2D eigenvalue weighted by Gasteiger charge is -2.23. The zero-order valence-corrected chi connectivity index (χ0v) is 12.4. The number of aromatic nitrogens is 1. The van der Waals surface area contributed by atoms with E-state index in [1.807, 2.05) is 6.20 Å². The van der Waals surface area contributed by atoms with Crippen LogP contribution in [0, 0.1) is 11.3 Å². The van der Waals surface area contributed by atoms with Crippen LogP contribution in [-0.2, 0) is 13.0 Å². The Morgan fingerprint density at radius 3 is 2.79 bits per heavy atom. The van der Waals surface area contributed by atoms with Gasteiger partial charge in [0.1, 0.15) is 0 Å². The van der Waals surface area contributed by atoms with Crippen LogP contribution in [-0.4, -0.2) is 48.0 Å². The minimum atomic E-state index is 0.498. The number of fused-ring (bicyclic) bond motifs is 1. The fourth-order valence-electron chi connectivity index (χ4n) is 3.86. The highest BCUT2D eigenvalue weighted by Crippen LogP contribution is 2.41. The average Bonchev–Trinajstić information content (AvgIpc) is 2.79. The van der Waals surface area contributed by atoms with Gasteiger partial charge in [0.05, 0.1) is 5.69 Å². The van der Waals surface area contributed by atoms with Crippen LogP contribution in [0.1, 0.15) is 25.1 Å². The number of nitrogens with zero attached hydrogens (tertiary/aromatic N) is 3. The summed E-state index contributed by atoms with van der Waals surface area (Å²) in [6.07, 6.45) is 3.10. The molecule has 2 saturated heterocycles. The molecule has 0 saturated carbocycles. The molecule has 0 amide bonds. The lowest BCUT2D eigenvalue weighted by Crippen LogP contribution is -2.30. The fourth-order valence-corrected chi connectivity index (χ4v) is 3.86. The Morgan fingerprint density at radius 2 is 2.16 bits per heavy atom. The maximum atomic E-state index is 4.59. The van der Waals surface area contributed by atoms with Crippen molar-refractivity contribution in [1.29, 1.82) is 0 Å². The quantitative estimate of drug-likeness (QED) is 0.828. The summed E-state index contributed by atoms with van der Waals surface area (Å²) >= 11 is 0. The predicted molar refractivity (Wildman–Crippen MR) is 78.0 cm³/mol. The van der Waals surface area contributed by atoms with E-state index < -0.39 is 0 Å². The fraction of sp³-hybridized carbons (Fsp3) is 0.688. The van der Waals surface area contributed by atoms with E-state index in [1.165, 1.54) is 37.4 Å². The van der Waals surface area contributed by atoms with Gasteiger partial charge in [0.25, 0.3) is 0 Å². The number of pyridine rings is 1. The van der Waals surface area contributed by atoms with Crippen LogP contribution in [0.15, 0.2) is 18.3 Å². The third-order valence-corrected chi connectivity index (χ3v) is 4.89. The molecule has 0 spiro atoms. The molecule has 1 aromatic rings. The van der Waals surface area contributed by atoms with Crippen molar-refractivity contribution in [3.05, 3.63) is 29.6 Å². The largest absolute Gasteiger partial charge is 0.305 e. The van der Waals surface area contributed by atoms with Gasteiger partial charge in [-0.15, -0.1) is 0 Å². The maximum absolute atomic E-state index is 4.59. The Balaban J connectivity index is 1.63. The van der Waals surface area contributed by atoms with Crippen molar-refractivity contribution in [2.75, 3.05) is 33.2 Å². The van der Waals surface area contributed by atoms with Gasteiger partial charge in [0, 0.05) is 38.9 Å². The van der Waals surface area contributed by atoms with Crippen LogP contribution in [0.2, 0.25) is 0 Å². The van der Waals surface area contributed by atoms with E-state index >= 15 is 0 Å². The minimum Gasteiger partial charge on any atom is -0.305 e. The first-order chi connectivity index (χ1) is 9.09. The maximum Gasteiger partial charge on any atom is 0.0544 e. The molecule has 0 aliphatic carbocycles. The molecule has 2 aliphatic heterocycles. The summed E-state index contributed by atoms with van der Waals surface area (Å²) in [5.41, 5.74) is 3.04. The molecule has 2 aliphatic rings. The van der Waals surface area contributed by atoms with E-state index in [9.17, 15) is 0 Å². The predicted octanol–water partition coefficient (Wildman–Crippen LogP) is 2.03. The Labute approximate surface area is 116 Å². The molecule has 104 valence electrons. The standard InChI is InChI=1S/C16H25N3/c1-4-13-5-6-15(17-7-13)10-19-9-14-8-18(3)11-16(14,2)12-19/h5-7,14H,4,8-12H2,1-3H3/t14-,16+/m0/s1. The average molecular weight is 259 g/mol. The van der Waals surface area contributed by atoms with E-state index in [2.05, 4.69) is 47.8 Å². The molecule has 0 radical (unpaired) electrons. The lowest BCUT2D eigenvalue weighted by molar-refractivity contribution is 0.237. The first kappa shape index (κ1) is 13.1. The molecule has 3 nitrogen and oxygen atoms in total. The van der Waals surface area contributed by atoms with Gasteiger partial charge >= 0.3 is 0 Å². The molecular formula is C16H25N3. The molecular weight excluding hydrogens is 234 g/mol. The SMILES string of the molecule is CCc1ccc(CN2C[C@@H]3CN(C)C[C@]3(C)C2)nc1. The second kappa shape index (κ2) is 4.88. The van der Waals surface area contributed by atoms with Crippen molar-refractivity contribution in [2.45, 2.75) is 26.8 Å². The van der Waals surface area contributed by atoms with Crippen LogP contribution in [0.5, 0.6) is 0 Å². The van der Waals surface area contributed by atoms with E-state index in [-0.39, 0.29) is 0 Å². The van der Waals surface area contributed by atoms with Gasteiger partial charge < -0.3 is 4.90 Å². The Morgan fingerprint density at radius 1 is 1.32 bits per heavy atom. The molecule has 3 heteroatoms. The molecule has 0 unspecified atom stereocenters. The molecule has 3 rings (SSSR count). The summed E-state index contributed by atoms with van der Waals surface area (Å²) in [6, 6.07) is 4.41. The van der Waals surface area contributed by atoms with E-state index in [1.54, 1.807) is 0 Å². The molecule has 0 aromatic carbocycles.